The predicted octanol–water partition coefficient (Wildman–Crippen LogP) is 3.16. The van der Waals surface area contributed by atoms with E-state index in [1.54, 1.807) is 4.31 Å². The lowest BCUT2D eigenvalue weighted by atomic mass is 9.97. The number of hydrogen-bond acceptors (Lipinski definition) is 4. The van der Waals surface area contributed by atoms with Crippen molar-refractivity contribution in [2.45, 2.75) is 32.6 Å². The Bertz CT molecular complexity index is 922. The Labute approximate surface area is 185 Å². The average molecular weight is 445 g/mol. The molecule has 6 nitrogen and oxygen atoms in total. The van der Waals surface area contributed by atoms with E-state index >= 15 is 0 Å². The molecule has 0 radical (unpaired) electrons. The smallest absolute Gasteiger partial charge is 0.223 e. The highest BCUT2D eigenvalue weighted by Crippen LogP contribution is 2.21. The molecule has 1 saturated heterocycles. The molecular weight excluding hydrogens is 412 g/mol. The number of nitrogens with one attached hydrogen (secondary N) is 1. The fourth-order valence-corrected chi connectivity index (χ4v) is 5.29. The molecule has 1 aliphatic rings. The van der Waals surface area contributed by atoms with Crippen molar-refractivity contribution < 1.29 is 17.9 Å². The predicted molar refractivity (Wildman–Crippen MR) is 123 cm³/mol. The fraction of sp³-hybridized carbons (Fsp3) is 0.458. The van der Waals surface area contributed by atoms with Gasteiger partial charge in [-0.2, -0.15) is 0 Å². The Balaban J connectivity index is 1.34. The van der Waals surface area contributed by atoms with Crippen LogP contribution in [0.15, 0.2) is 54.6 Å². The van der Waals surface area contributed by atoms with E-state index < -0.39 is 10.0 Å². The SMILES string of the molecule is Cc1ccc(OCCNC(=O)C2CCN(S(=O)(=O)CCCc3ccccc3)CC2)cc1. The Morgan fingerprint density at radius 3 is 2.42 bits per heavy atom. The third kappa shape index (κ3) is 7.36. The molecule has 1 heterocycles. The van der Waals surface area contributed by atoms with Crippen LogP contribution in [0.5, 0.6) is 5.75 Å². The second-order valence-corrected chi connectivity index (χ2v) is 10.1. The zero-order valence-corrected chi connectivity index (χ0v) is 18.9. The maximum Gasteiger partial charge on any atom is 0.223 e. The van der Waals surface area contributed by atoms with Crippen LogP contribution in [0.25, 0.3) is 0 Å². The van der Waals surface area contributed by atoms with Crippen LogP contribution in [-0.2, 0) is 21.2 Å². The summed E-state index contributed by atoms with van der Waals surface area (Å²) < 4.78 is 32.4. The molecule has 0 aromatic heterocycles. The first-order chi connectivity index (χ1) is 14.9. The minimum atomic E-state index is -3.28. The lowest BCUT2D eigenvalue weighted by Gasteiger charge is -2.30. The van der Waals surface area contributed by atoms with Crippen LogP contribution in [-0.4, -0.2) is 50.6 Å². The third-order valence-corrected chi connectivity index (χ3v) is 7.58. The molecule has 2 aromatic rings. The number of sulfonamides is 1. The van der Waals surface area contributed by atoms with Crippen LogP contribution in [0.2, 0.25) is 0 Å². The van der Waals surface area contributed by atoms with Crippen LogP contribution in [0.3, 0.4) is 0 Å². The zero-order chi connectivity index (χ0) is 22.1. The molecule has 168 valence electrons. The van der Waals surface area contributed by atoms with E-state index in [1.807, 2.05) is 61.5 Å². The van der Waals surface area contributed by atoms with Gasteiger partial charge in [-0.3, -0.25) is 4.79 Å². The highest BCUT2D eigenvalue weighted by Gasteiger charge is 2.30. The molecule has 1 amide bonds. The van der Waals surface area contributed by atoms with Crippen LogP contribution < -0.4 is 10.1 Å². The van der Waals surface area contributed by atoms with Gasteiger partial charge >= 0.3 is 0 Å². The summed E-state index contributed by atoms with van der Waals surface area (Å²) >= 11 is 0. The lowest BCUT2D eigenvalue weighted by Crippen LogP contribution is -2.44. The van der Waals surface area contributed by atoms with Crippen LogP contribution >= 0.6 is 0 Å². The van der Waals surface area contributed by atoms with Gasteiger partial charge in [0.1, 0.15) is 12.4 Å². The summed E-state index contributed by atoms with van der Waals surface area (Å²) in [7, 11) is -3.28. The van der Waals surface area contributed by atoms with Crippen molar-refractivity contribution in [2.24, 2.45) is 5.92 Å². The van der Waals surface area contributed by atoms with Crippen molar-refractivity contribution in [1.29, 1.82) is 0 Å². The normalized spacial score (nSPS) is 15.5. The monoisotopic (exact) mass is 444 g/mol. The van der Waals surface area contributed by atoms with Crippen LogP contribution in [0.1, 0.15) is 30.4 Å². The second-order valence-electron chi connectivity index (χ2n) is 8.03. The van der Waals surface area contributed by atoms with Crippen molar-refractivity contribution in [3.63, 3.8) is 0 Å². The van der Waals surface area contributed by atoms with Gasteiger partial charge in [0.05, 0.1) is 12.3 Å². The van der Waals surface area contributed by atoms with E-state index in [-0.39, 0.29) is 17.6 Å². The Kier molecular flexibility index (Phi) is 8.49. The number of hydrogen-bond donors (Lipinski definition) is 1. The third-order valence-electron chi connectivity index (χ3n) is 5.62. The van der Waals surface area contributed by atoms with Gasteiger partial charge in [0, 0.05) is 19.0 Å². The van der Waals surface area contributed by atoms with E-state index in [0.29, 0.717) is 45.5 Å². The average Bonchev–Trinajstić information content (AvgIpc) is 2.78. The van der Waals surface area contributed by atoms with Gasteiger partial charge in [0.25, 0.3) is 0 Å². The second kappa shape index (κ2) is 11.3. The van der Waals surface area contributed by atoms with Gasteiger partial charge in [-0.15, -0.1) is 0 Å². The number of piperidine rings is 1. The Morgan fingerprint density at radius 1 is 1.06 bits per heavy atom. The Hall–Kier alpha value is -2.38. The van der Waals surface area contributed by atoms with Gasteiger partial charge in [0.15, 0.2) is 0 Å². The number of ether oxygens (including phenoxy) is 1. The molecule has 0 spiro atoms. The van der Waals surface area contributed by atoms with E-state index in [1.165, 1.54) is 5.56 Å². The van der Waals surface area contributed by atoms with E-state index in [4.69, 9.17) is 4.74 Å². The summed E-state index contributed by atoms with van der Waals surface area (Å²) in [6.07, 6.45) is 2.47. The highest BCUT2D eigenvalue weighted by molar-refractivity contribution is 7.89. The molecule has 1 N–H and O–H groups in total. The first kappa shape index (κ1) is 23.3. The highest BCUT2D eigenvalue weighted by atomic mass is 32.2. The summed E-state index contributed by atoms with van der Waals surface area (Å²) in [6, 6.07) is 17.7. The number of amides is 1. The number of rotatable bonds is 10. The molecule has 1 fully saturated rings. The van der Waals surface area contributed by atoms with Crippen molar-refractivity contribution in [2.75, 3.05) is 32.0 Å². The summed E-state index contributed by atoms with van der Waals surface area (Å²) in [6.45, 7) is 3.68. The number of benzene rings is 2. The minimum Gasteiger partial charge on any atom is -0.492 e. The first-order valence-electron chi connectivity index (χ1n) is 10.9. The van der Waals surface area contributed by atoms with Gasteiger partial charge in [0.2, 0.25) is 15.9 Å². The Morgan fingerprint density at radius 2 is 1.74 bits per heavy atom. The number of nitrogens with zero attached hydrogens (tertiary/aromatic N) is 1. The van der Waals surface area contributed by atoms with E-state index in [2.05, 4.69) is 5.32 Å². The standard InChI is InChI=1S/C24H32N2O4S/c1-20-9-11-23(12-10-20)30-18-15-25-24(27)22-13-16-26(17-14-22)31(28,29)19-5-8-21-6-3-2-4-7-21/h2-4,6-7,9-12,22H,5,8,13-19H2,1H3,(H,25,27). The quantitative estimate of drug-likeness (QED) is 0.571. The molecule has 7 heteroatoms. The molecule has 0 saturated carbocycles. The summed E-state index contributed by atoms with van der Waals surface area (Å²) in [5.74, 6) is 0.768. The van der Waals surface area contributed by atoms with Gasteiger partial charge in [-0.25, -0.2) is 12.7 Å². The fourth-order valence-electron chi connectivity index (χ4n) is 3.75. The van der Waals surface area contributed by atoms with Crippen molar-refractivity contribution in [1.82, 2.24) is 9.62 Å². The zero-order valence-electron chi connectivity index (χ0n) is 18.1. The van der Waals surface area contributed by atoms with Gasteiger partial charge in [-0.1, -0.05) is 48.0 Å². The van der Waals surface area contributed by atoms with Crippen molar-refractivity contribution >= 4 is 15.9 Å². The molecule has 0 aliphatic carbocycles. The molecule has 0 unspecified atom stereocenters. The summed E-state index contributed by atoms with van der Waals surface area (Å²) in [5.41, 5.74) is 2.32. The molecule has 3 rings (SSSR count). The molecular formula is C24H32N2O4S. The van der Waals surface area contributed by atoms with Crippen molar-refractivity contribution in [3.05, 3.63) is 65.7 Å². The maximum absolute atomic E-state index is 12.6. The van der Waals surface area contributed by atoms with E-state index in [0.717, 1.165) is 17.7 Å². The number of carbonyl (C=O) groups is 1. The summed E-state index contributed by atoms with van der Waals surface area (Å²) in [4.78, 5) is 12.4. The van der Waals surface area contributed by atoms with E-state index in [9.17, 15) is 13.2 Å². The first-order valence-corrected chi connectivity index (χ1v) is 12.5. The van der Waals surface area contributed by atoms with Crippen LogP contribution in [0.4, 0.5) is 0 Å². The molecule has 0 bridgehead atoms. The lowest BCUT2D eigenvalue weighted by molar-refractivity contribution is -0.126. The topological polar surface area (TPSA) is 75.7 Å². The molecule has 31 heavy (non-hydrogen) atoms. The summed E-state index contributed by atoms with van der Waals surface area (Å²) in [5, 5.41) is 2.91. The minimum absolute atomic E-state index is 0.0198. The molecule has 2 aromatic carbocycles. The number of carbonyl (C=O) groups excluding carboxylic acids is 1. The van der Waals surface area contributed by atoms with Gasteiger partial charge in [-0.05, 0) is 50.3 Å². The van der Waals surface area contributed by atoms with Crippen molar-refractivity contribution in [3.8, 4) is 5.75 Å². The van der Waals surface area contributed by atoms with Gasteiger partial charge < -0.3 is 10.1 Å². The van der Waals surface area contributed by atoms with Crippen LogP contribution in [0, 0.1) is 12.8 Å². The molecule has 1 aliphatic heterocycles. The molecule has 0 atom stereocenters. The largest absolute Gasteiger partial charge is 0.492 e. The number of aryl methyl sites for hydroxylation is 2. The maximum atomic E-state index is 12.6.